The fourth-order valence-electron chi connectivity index (χ4n) is 3.27. The minimum Gasteiger partial charge on any atom is -0.462 e. The summed E-state index contributed by atoms with van der Waals surface area (Å²) in [4.78, 5) is 25.1. The third-order valence-electron chi connectivity index (χ3n) is 5.34. The molecule has 1 fully saturated rings. The van der Waals surface area contributed by atoms with Crippen molar-refractivity contribution in [2.75, 3.05) is 33.2 Å². The van der Waals surface area contributed by atoms with Gasteiger partial charge in [-0.1, -0.05) is 58.1 Å². The summed E-state index contributed by atoms with van der Waals surface area (Å²) in [5, 5.41) is 0. The van der Waals surface area contributed by atoms with E-state index in [2.05, 4.69) is 6.92 Å². The van der Waals surface area contributed by atoms with Crippen LogP contribution >= 0.6 is 0 Å². The largest absolute Gasteiger partial charge is 0.462 e. The number of unbranched alkanes of at least 4 members (excludes halogenated alkanes) is 5. The average molecular weight is 407 g/mol. The first-order valence-corrected chi connectivity index (χ1v) is 10.7. The van der Waals surface area contributed by atoms with E-state index in [-0.39, 0.29) is 29.9 Å². The molecule has 6 nitrogen and oxygen atoms in total. The number of esters is 2. The molecule has 29 heavy (non-hydrogen) atoms. The average Bonchev–Trinajstić information content (AvgIpc) is 2.77. The van der Waals surface area contributed by atoms with E-state index in [4.69, 9.17) is 18.9 Å². The first-order chi connectivity index (χ1) is 14.1. The van der Waals surface area contributed by atoms with E-state index < -0.39 is 11.9 Å². The van der Waals surface area contributed by atoms with Crippen LogP contribution in [0.1, 0.15) is 79.5 Å². The lowest BCUT2D eigenvalue weighted by atomic mass is 9.87. The van der Waals surface area contributed by atoms with Crippen LogP contribution in [0.4, 0.5) is 0 Å². The number of hydrogen-bond acceptors (Lipinski definition) is 6. The van der Waals surface area contributed by atoms with Crippen LogP contribution in [0.25, 0.3) is 0 Å². The van der Waals surface area contributed by atoms with Gasteiger partial charge in [-0.25, -0.2) is 9.59 Å². The van der Waals surface area contributed by atoms with E-state index in [9.17, 15) is 9.59 Å². The quantitative estimate of drug-likeness (QED) is 0.368. The Balaban J connectivity index is 1.86. The van der Waals surface area contributed by atoms with Crippen molar-refractivity contribution in [3.05, 3.63) is 35.4 Å². The summed E-state index contributed by atoms with van der Waals surface area (Å²) >= 11 is 0. The van der Waals surface area contributed by atoms with E-state index in [1.165, 1.54) is 19.3 Å². The summed E-state index contributed by atoms with van der Waals surface area (Å²) in [6.45, 7) is 5.98. The topological polar surface area (TPSA) is 71.1 Å². The van der Waals surface area contributed by atoms with E-state index in [1.54, 1.807) is 24.3 Å². The van der Waals surface area contributed by atoms with Gasteiger partial charge < -0.3 is 18.9 Å². The van der Waals surface area contributed by atoms with Crippen LogP contribution in [-0.4, -0.2) is 45.2 Å². The Bertz CT molecular complexity index is 636. The minimum absolute atomic E-state index is 0.184. The van der Waals surface area contributed by atoms with Crippen LogP contribution in [0.15, 0.2) is 24.3 Å². The molecule has 162 valence electrons. The highest BCUT2D eigenvalue weighted by atomic mass is 16.7. The fourth-order valence-corrected chi connectivity index (χ4v) is 3.27. The number of carbonyl (C=O) groups excluding carboxylic acids is 2. The Morgan fingerprint density at radius 2 is 1.48 bits per heavy atom. The maximum absolute atomic E-state index is 12.6. The lowest BCUT2D eigenvalue weighted by Crippen LogP contribution is -2.41. The highest BCUT2D eigenvalue weighted by Gasteiger charge is 2.34. The summed E-state index contributed by atoms with van der Waals surface area (Å²) in [5.74, 6) is -1.02. The predicted octanol–water partition coefficient (Wildman–Crippen LogP) is 4.76. The third-order valence-corrected chi connectivity index (χ3v) is 5.34. The molecule has 1 aromatic carbocycles. The molecular formula is C23H34O6. The standard InChI is InChI=1S/C23H34O6/c1-3-5-6-7-8-11-14-28-21(24)19-12-9-10-13-20(19)22(25)29-17-23(4-2)15-26-18-27-16-23/h9-10,12-13H,3-8,11,14-18H2,1-2H3. The van der Waals surface area contributed by atoms with Gasteiger partial charge in [0.25, 0.3) is 0 Å². The summed E-state index contributed by atoms with van der Waals surface area (Å²) in [5.41, 5.74) is 0.121. The van der Waals surface area contributed by atoms with Gasteiger partial charge in [-0.2, -0.15) is 0 Å². The lowest BCUT2D eigenvalue weighted by Gasteiger charge is -2.35. The van der Waals surface area contributed by atoms with E-state index in [1.807, 2.05) is 6.92 Å². The van der Waals surface area contributed by atoms with Crippen molar-refractivity contribution in [3.63, 3.8) is 0 Å². The number of benzene rings is 1. The van der Waals surface area contributed by atoms with Crippen LogP contribution in [0.5, 0.6) is 0 Å². The van der Waals surface area contributed by atoms with Gasteiger partial charge in [-0.15, -0.1) is 0 Å². The van der Waals surface area contributed by atoms with Gasteiger partial charge in [-0.05, 0) is 25.0 Å². The highest BCUT2D eigenvalue weighted by molar-refractivity contribution is 6.03. The zero-order chi connectivity index (χ0) is 21.0. The van der Waals surface area contributed by atoms with Crippen LogP contribution in [0.3, 0.4) is 0 Å². The predicted molar refractivity (Wildman–Crippen MR) is 110 cm³/mol. The Labute approximate surface area is 173 Å². The number of rotatable bonds is 12. The molecule has 0 unspecified atom stereocenters. The van der Waals surface area contributed by atoms with Gasteiger partial charge in [0.05, 0.1) is 36.4 Å². The van der Waals surface area contributed by atoms with Gasteiger partial charge in [0.1, 0.15) is 13.4 Å². The van der Waals surface area contributed by atoms with E-state index in [0.717, 1.165) is 25.7 Å². The van der Waals surface area contributed by atoms with Gasteiger partial charge in [0.2, 0.25) is 0 Å². The molecule has 1 saturated heterocycles. The van der Waals surface area contributed by atoms with Crippen molar-refractivity contribution >= 4 is 11.9 Å². The van der Waals surface area contributed by atoms with Crippen molar-refractivity contribution < 1.29 is 28.5 Å². The monoisotopic (exact) mass is 406 g/mol. The van der Waals surface area contributed by atoms with Crippen LogP contribution < -0.4 is 0 Å². The first kappa shape index (κ1) is 23.4. The van der Waals surface area contributed by atoms with Gasteiger partial charge >= 0.3 is 11.9 Å². The summed E-state index contributed by atoms with van der Waals surface area (Å²) < 4.78 is 21.6. The third kappa shape index (κ3) is 7.44. The molecule has 0 radical (unpaired) electrons. The van der Waals surface area contributed by atoms with E-state index in [0.29, 0.717) is 19.8 Å². The normalized spacial score (nSPS) is 15.7. The molecule has 6 heteroatoms. The molecule has 1 aliphatic rings. The number of ether oxygens (including phenoxy) is 4. The Morgan fingerprint density at radius 1 is 0.897 bits per heavy atom. The second-order valence-corrected chi connectivity index (χ2v) is 7.69. The van der Waals surface area contributed by atoms with Crippen molar-refractivity contribution in [2.24, 2.45) is 5.41 Å². The highest BCUT2D eigenvalue weighted by Crippen LogP contribution is 2.27. The van der Waals surface area contributed by atoms with Crippen LogP contribution in [0, 0.1) is 5.41 Å². The lowest BCUT2D eigenvalue weighted by molar-refractivity contribution is -0.177. The van der Waals surface area contributed by atoms with E-state index >= 15 is 0 Å². The molecule has 0 aliphatic carbocycles. The number of hydrogen-bond donors (Lipinski definition) is 0. The zero-order valence-electron chi connectivity index (χ0n) is 17.7. The fraction of sp³-hybridized carbons (Fsp3) is 0.652. The molecular weight excluding hydrogens is 372 g/mol. The summed E-state index contributed by atoms with van der Waals surface area (Å²) in [6, 6.07) is 6.62. The second kappa shape index (κ2) is 12.6. The minimum atomic E-state index is -0.532. The van der Waals surface area contributed by atoms with Gasteiger partial charge in [0, 0.05) is 0 Å². The number of carbonyl (C=O) groups is 2. The van der Waals surface area contributed by atoms with Crippen molar-refractivity contribution in [1.82, 2.24) is 0 Å². The van der Waals surface area contributed by atoms with Gasteiger partial charge in [-0.3, -0.25) is 0 Å². The SMILES string of the molecule is CCCCCCCCOC(=O)c1ccccc1C(=O)OCC1(CC)COCOC1. The molecule has 0 atom stereocenters. The molecule has 0 N–H and O–H groups in total. The van der Waals surface area contributed by atoms with Crippen molar-refractivity contribution in [2.45, 2.75) is 58.8 Å². The van der Waals surface area contributed by atoms with Crippen LogP contribution in [0.2, 0.25) is 0 Å². The molecule has 1 heterocycles. The molecule has 1 aromatic rings. The Kier molecular flexibility index (Phi) is 10.2. The van der Waals surface area contributed by atoms with Crippen LogP contribution in [-0.2, 0) is 18.9 Å². The summed E-state index contributed by atoms with van der Waals surface area (Å²) in [6.07, 6.45) is 7.47. The molecule has 1 aliphatic heterocycles. The molecule has 0 amide bonds. The molecule has 0 spiro atoms. The smallest absolute Gasteiger partial charge is 0.339 e. The molecule has 0 bridgehead atoms. The zero-order valence-corrected chi connectivity index (χ0v) is 17.7. The molecule has 0 aromatic heterocycles. The van der Waals surface area contributed by atoms with Gasteiger partial charge in [0.15, 0.2) is 0 Å². The summed E-state index contributed by atoms with van der Waals surface area (Å²) in [7, 11) is 0. The Morgan fingerprint density at radius 3 is 2.10 bits per heavy atom. The molecule has 2 rings (SSSR count). The maximum Gasteiger partial charge on any atom is 0.339 e. The maximum atomic E-state index is 12.6. The van der Waals surface area contributed by atoms with Crippen molar-refractivity contribution in [1.29, 1.82) is 0 Å². The second-order valence-electron chi connectivity index (χ2n) is 7.69. The van der Waals surface area contributed by atoms with Crippen molar-refractivity contribution in [3.8, 4) is 0 Å². The molecule has 0 saturated carbocycles. The Hall–Kier alpha value is -1.92. The first-order valence-electron chi connectivity index (χ1n) is 10.7.